The number of hydrogen-bond acceptors (Lipinski definition) is 7. The minimum absolute atomic E-state index is 0.0397. The molecule has 0 aliphatic carbocycles. The van der Waals surface area contributed by atoms with Gasteiger partial charge in [0.2, 0.25) is 5.88 Å². The Morgan fingerprint density at radius 2 is 1.61 bits per heavy atom. The van der Waals surface area contributed by atoms with Crippen molar-refractivity contribution in [2.45, 2.75) is 26.4 Å². The number of fused-ring (bicyclic) bond motifs is 1. The van der Waals surface area contributed by atoms with E-state index in [9.17, 15) is 19.2 Å². The molecule has 0 bridgehead atoms. The monoisotopic (exact) mass is 430 g/mol. The fourth-order valence-corrected chi connectivity index (χ4v) is 3.93. The number of hydrogen-bond donors (Lipinski definition) is 0. The lowest BCUT2D eigenvalue weighted by Crippen LogP contribution is -2.47. The Labute approximate surface area is 179 Å². The first-order valence-corrected chi connectivity index (χ1v) is 10.2. The Kier molecular flexibility index (Phi) is 6.62. The summed E-state index contributed by atoms with van der Waals surface area (Å²) in [5.41, 5.74) is -0.132. The molecule has 0 unspecified atom stereocenters. The van der Waals surface area contributed by atoms with Gasteiger partial charge < -0.3 is 14.2 Å². The van der Waals surface area contributed by atoms with Crippen molar-refractivity contribution in [3.8, 4) is 5.88 Å². The largest absolute Gasteiger partial charge is 0.470 e. The van der Waals surface area contributed by atoms with Gasteiger partial charge in [0.1, 0.15) is 6.10 Å². The molecule has 1 aliphatic heterocycles. The van der Waals surface area contributed by atoms with Crippen LogP contribution in [0, 0.1) is 11.8 Å². The quantitative estimate of drug-likeness (QED) is 0.499. The van der Waals surface area contributed by atoms with E-state index in [1.165, 1.54) is 18.7 Å². The molecular weight excluding hydrogens is 404 g/mol. The lowest BCUT2D eigenvalue weighted by atomic mass is 9.78. The first-order chi connectivity index (χ1) is 14.8. The van der Waals surface area contributed by atoms with Crippen molar-refractivity contribution in [2.24, 2.45) is 25.9 Å². The highest BCUT2D eigenvalue weighted by Gasteiger charge is 2.47. The summed E-state index contributed by atoms with van der Waals surface area (Å²) in [6.07, 6.45) is -0.733. The zero-order valence-corrected chi connectivity index (χ0v) is 18.0. The summed E-state index contributed by atoms with van der Waals surface area (Å²) in [5, 5.41) is 0. The van der Waals surface area contributed by atoms with Crippen molar-refractivity contribution in [1.29, 1.82) is 0 Å². The van der Waals surface area contributed by atoms with Crippen LogP contribution in [0.4, 0.5) is 0 Å². The smallest absolute Gasteiger partial charge is 0.333 e. The average Bonchev–Trinajstić information content (AvgIpc) is 2.77. The van der Waals surface area contributed by atoms with Crippen molar-refractivity contribution >= 4 is 11.9 Å². The second-order valence-corrected chi connectivity index (χ2v) is 7.29. The van der Waals surface area contributed by atoms with E-state index in [1.54, 1.807) is 38.1 Å². The second kappa shape index (κ2) is 9.20. The molecule has 9 heteroatoms. The normalized spacial score (nSPS) is 17.6. The molecule has 2 heterocycles. The summed E-state index contributed by atoms with van der Waals surface area (Å²) >= 11 is 0. The Morgan fingerprint density at radius 1 is 1.03 bits per heavy atom. The SMILES string of the molecule is CCOC(=O)C(C(=O)OCC)[C@@H]1Cc2c(n(C)c(=O)n(C)c2=O)O[C@H]1c1ccccc1. The van der Waals surface area contributed by atoms with E-state index < -0.39 is 41.1 Å². The molecule has 9 nitrogen and oxygen atoms in total. The number of aromatic nitrogens is 2. The van der Waals surface area contributed by atoms with Gasteiger partial charge in [0.05, 0.1) is 18.8 Å². The van der Waals surface area contributed by atoms with Crippen LogP contribution in [-0.4, -0.2) is 34.3 Å². The maximum absolute atomic E-state index is 12.8. The van der Waals surface area contributed by atoms with Crippen LogP contribution in [0.25, 0.3) is 0 Å². The van der Waals surface area contributed by atoms with E-state index in [0.717, 1.165) is 4.57 Å². The van der Waals surface area contributed by atoms with E-state index >= 15 is 0 Å². The number of nitrogens with zero attached hydrogens (tertiary/aromatic N) is 2. The van der Waals surface area contributed by atoms with Crippen molar-refractivity contribution < 1.29 is 23.8 Å². The topological polar surface area (TPSA) is 106 Å². The molecule has 0 saturated heterocycles. The van der Waals surface area contributed by atoms with Crippen molar-refractivity contribution in [2.75, 3.05) is 13.2 Å². The van der Waals surface area contributed by atoms with E-state index in [0.29, 0.717) is 5.56 Å². The highest BCUT2D eigenvalue weighted by atomic mass is 16.6. The van der Waals surface area contributed by atoms with Gasteiger partial charge in [-0.3, -0.25) is 23.5 Å². The van der Waals surface area contributed by atoms with Gasteiger partial charge in [0, 0.05) is 20.0 Å². The molecule has 0 fully saturated rings. The van der Waals surface area contributed by atoms with Crippen LogP contribution in [0.15, 0.2) is 39.9 Å². The molecule has 2 atom stereocenters. The third-order valence-corrected chi connectivity index (χ3v) is 5.40. The van der Waals surface area contributed by atoms with Gasteiger partial charge in [-0.25, -0.2) is 4.79 Å². The number of ether oxygens (including phenoxy) is 3. The molecule has 1 aromatic carbocycles. The van der Waals surface area contributed by atoms with Gasteiger partial charge in [0.25, 0.3) is 5.56 Å². The van der Waals surface area contributed by atoms with Crippen LogP contribution in [0.2, 0.25) is 0 Å². The molecule has 0 N–H and O–H groups in total. The van der Waals surface area contributed by atoms with Gasteiger partial charge in [-0.1, -0.05) is 30.3 Å². The summed E-state index contributed by atoms with van der Waals surface area (Å²) < 4.78 is 18.7. The standard InChI is InChI=1S/C22H26N2O7/c1-5-29-20(26)16(21(27)30-6-2)14-12-15-18(25)23(3)22(28)24(4)19(15)31-17(14)13-10-8-7-9-11-13/h7-11,14,16-17H,5-6,12H2,1-4H3/t14-,17-/m0/s1. The third-order valence-electron chi connectivity index (χ3n) is 5.40. The van der Waals surface area contributed by atoms with Crippen molar-refractivity contribution in [3.05, 3.63) is 62.3 Å². The molecule has 1 aliphatic rings. The third kappa shape index (κ3) is 4.12. The van der Waals surface area contributed by atoms with E-state index in [2.05, 4.69) is 0 Å². The summed E-state index contributed by atoms with van der Waals surface area (Å²) in [7, 11) is 2.88. The summed E-state index contributed by atoms with van der Waals surface area (Å²) in [5.74, 6) is -3.40. The number of carbonyl (C=O) groups is 2. The molecule has 1 aromatic heterocycles. The van der Waals surface area contributed by atoms with Crippen LogP contribution < -0.4 is 16.0 Å². The molecule has 0 spiro atoms. The van der Waals surface area contributed by atoms with Gasteiger partial charge in [0.15, 0.2) is 5.92 Å². The van der Waals surface area contributed by atoms with Crippen LogP contribution in [-0.2, 0) is 39.6 Å². The second-order valence-electron chi connectivity index (χ2n) is 7.29. The molecule has 3 rings (SSSR count). The van der Waals surface area contributed by atoms with E-state index in [1.807, 2.05) is 6.07 Å². The van der Waals surface area contributed by atoms with Crippen LogP contribution in [0.1, 0.15) is 31.1 Å². The van der Waals surface area contributed by atoms with Crippen LogP contribution in [0.5, 0.6) is 5.88 Å². The van der Waals surface area contributed by atoms with Crippen molar-refractivity contribution in [3.63, 3.8) is 0 Å². The first-order valence-electron chi connectivity index (χ1n) is 10.2. The summed E-state index contributed by atoms with van der Waals surface area (Å²) in [4.78, 5) is 50.8. The lowest BCUT2D eigenvalue weighted by Gasteiger charge is -2.36. The highest BCUT2D eigenvalue weighted by molar-refractivity contribution is 5.95. The lowest BCUT2D eigenvalue weighted by molar-refractivity contribution is -0.167. The molecule has 0 radical (unpaired) electrons. The molecule has 0 saturated carbocycles. The minimum atomic E-state index is -1.29. The average molecular weight is 430 g/mol. The van der Waals surface area contributed by atoms with E-state index in [-0.39, 0.29) is 31.1 Å². The first kappa shape index (κ1) is 22.3. The van der Waals surface area contributed by atoms with Gasteiger partial charge in [-0.15, -0.1) is 0 Å². The van der Waals surface area contributed by atoms with Crippen LogP contribution >= 0.6 is 0 Å². The van der Waals surface area contributed by atoms with Crippen molar-refractivity contribution in [1.82, 2.24) is 9.13 Å². The molecule has 0 amide bonds. The maximum Gasteiger partial charge on any atom is 0.333 e. The zero-order chi connectivity index (χ0) is 22.7. The Balaban J connectivity index is 2.20. The maximum atomic E-state index is 12.8. The fraction of sp³-hybridized carbons (Fsp3) is 0.455. The Morgan fingerprint density at radius 3 is 2.16 bits per heavy atom. The predicted molar refractivity (Wildman–Crippen MR) is 111 cm³/mol. The van der Waals surface area contributed by atoms with Gasteiger partial charge in [-0.05, 0) is 25.8 Å². The number of carbonyl (C=O) groups excluding carboxylic acids is 2. The summed E-state index contributed by atoms with van der Waals surface area (Å²) in [6, 6.07) is 9.04. The molecule has 31 heavy (non-hydrogen) atoms. The predicted octanol–water partition coefficient (Wildman–Crippen LogP) is 1.12. The molecule has 166 valence electrons. The molecular formula is C22H26N2O7. The minimum Gasteiger partial charge on any atom is -0.470 e. The number of esters is 2. The van der Waals surface area contributed by atoms with Crippen LogP contribution in [0.3, 0.4) is 0 Å². The number of rotatable bonds is 6. The summed E-state index contributed by atoms with van der Waals surface area (Å²) in [6.45, 7) is 3.47. The fourth-order valence-electron chi connectivity index (χ4n) is 3.93. The van der Waals surface area contributed by atoms with Gasteiger partial charge in [-0.2, -0.15) is 0 Å². The van der Waals surface area contributed by atoms with E-state index in [4.69, 9.17) is 14.2 Å². The van der Waals surface area contributed by atoms with Gasteiger partial charge >= 0.3 is 17.6 Å². The zero-order valence-electron chi connectivity index (χ0n) is 18.0. The Bertz CT molecular complexity index is 1070. The highest BCUT2D eigenvalue weighted by Crippen LogP contribution is 2.41. The number of benzene rings is 1. The molecule has 2 aromatic rings. The Hall–Kier alpha value is -3.36.